The molecule has 1 amide bonds. The van der Waals surface area contributed by atoms with Crippen LogP contribution < -0.4 is 19.5 Å². The zero-order valence-corrected chi connectivity index (χ0v) is 17.4. The predicted octanol–water partition coefficient (Wildman–Crippen LogP) is 3.33. The van der Waals surface area contributed by atoms with Crippen molar-refractivity contribution in [1.29, 1.82) is 0 Å². The first-order valence-corrected chi connectivity index (χ1v) is 9.76. The van der Waals surface area contributed by atoms with E-state index < -0.39 is 0 Å². The third kappa shape index (κ3) is 4.62. The highest BCUT2D eigenvalue weighted by molar-refractivity contribution is 7.99. The van der Waals surface area contributed by atoms with Gasteiger partial charge in [0, 0.05) is 6.07 Å². The Balaban J connectivity index is 1.75. The average Bonchev–Trinajstić information content (AvgIpc) is 3.12. The molecular formula is C20H22N4O4S. The molecule has 1 aromatic heterocycles. The Bertz CT molecular complexity index is 1010. The van der Waals surface area contributed by atoms with Crippen LogP contribution in [0, 0.1) is 6.92 Å². The number of carbonyl (C=O) groups is 1. The van der Waals surface area contributed by atoms with E-state index in [1.165, 1.54) is 11.8 Å². The first-order chi connectivity index (χ1) is 14.1. The Labute approximate surface area is 173 Å². The maximum Gasteiger partial charge on any atom is 0.234 e. The quantitative estimate of drug-likeness (QED) is 0.566. The van der Waals surface area contributed by atoms with Gasteiger partial charge in [-0.25, -0.2) is 0 Å². The number of aryl methyl sites for hydroxylation is 1. The minimum absolute atomic E-state index is 0.146. The number of hydrogen-bond donors (Lipinski definition) is 1. The normalized spacial score (nSPS) is 10.5. The van der Waals surface area contributed by atoms with Crippen molar-refractivity contribution in [2.24, 2.45) is 0 Å². The Hall–Kier alpha value is -3.20. The molecule has 0 aliphatic carbocycles. The second kappa shape index (κ2) is 9.33. The summed E-state index contributed by atoms with van der Waals surface area (Å²) in [4.78, 5) is 12.5. The molecule has 0 saturated heterocycles. The van der Waals surface area contributed by atoms with Crippen molar-refractivity contribution in [2.45, 2.75) is 12.1 Å². The van der Waals surface area contributed by atoms with E-state index in [0.29, 0.717) is 33.9 Å². The number of para-hydroxylation sites is 2. The molecular weight excluding hydrogens is 392 g/mol. The fourth-order valence-corrected chi connectivity index (χ4v) is 3.55. The number of benzene rings is 2. The largest absolute Gasteiger partial charge is 0.497 e. The molecule has 1 heterocycles. The molecule has 2 aromatic carbocycles. The van der Waals surface area contributed by atoms with Crippen molar-refractivity contribution in [3.8, 4) is 22.9 Å². The maximum atomic E-state index is 12.5. The van der Waals surface area contributed by atoms with Gasteiger partial charge in [0.05, 0.1) is 38.5 Å². The lowest BCUT2D eigenvalue weighted by molar-refractivity contribution is -0.113. The van der Waals surface area contributed by atoms with Gasteiger partial charge in [0.2, 0.25) is 5.91 Å². The molecule has 9 heteroatoms. The number of rotatable bonds is 8. The molecule has 3 rings (SSSR count). The van der Waals surface area contributed by atoms with Gasteiger partial charge in [-0.2, -0.15) is 0 Å². The average molecular weight is 414 g/mol. The molecule has 8 nitrogen and oxygen atoms in total. The lowest BCUT2D eigenvalue weighted by Gasteiger charge is -2.13. The van der Waals surface area contributed by atoms with Crippen LogP contribution >= 0.6 is 11.8 Å². The van der Waals surface area contributed by atoms with Crippen molar-refractivity contribution in [3.63, 3.8) is 0 Å². The number of methoxy groups -OCH3 is 3. The number of aromatic nitrogens is 3. The van der Waals surface area contributed by atoms with E-state index in [4.69, 9.17) is 14.2 Å². The maximum absolute atomic E-state index is 12.5. The number of thioether (sulfide) groups is 1. The minimum Gasteiger partial charge on any atom is -0.497 e. The van der Waals surface area contributed by atoms with E-state index in [2.05, 4.69) is 15.5 Å². The second-order valence-corrected chi connectivity index (χ2v) is 6.88. The zero-order chi connectivity index (χ0) is 20.8. The summed E-state index contributed by atoms with van der Waals surface area (Å²) in [7, 11) is 4.72. The van der Waals surface area contributed by atoms with Crippen molar-refractivity contribution in [2.75, 3.05) is 32.4 Å². The van der Waals surface area contributed by atoms with Gasteiger partial charge in [-0.1, -0.05) is 23.9 Å². The third-order valence-corrected chi connectivity index (χ3v) is 5.06. The number of hydrogen-bond acceptors (Lipinski definition) is 7. The van der Waals surface area contributed by atoms with Crippen LogP contribution in [0.2, 0.25) is 0 Å². The molecule has 0 unspecified atom stereocenters. The van der Waals surface area contributed by atoms with E-state index in [-0.39, 0.29) is 11.7 Å². The van der Waals surface area contributed by atoms with Crippen LogP contribution in [0.3, 0.4) is 0 Å². The molecule has 3 aromatic rings. The SMILES string of the molecule is COc1ccc(OC)c(NC(=O)CSc2nnc(C)n2-c2ccccc2OC)c1. The third-order valence-electron chi connectivity index (χ3n) is 4.13. The summed E-state index contributed by atoms with van der Waals surface area (Å²) in [5.74, 6) is 2.52. The van der Waals surface area contributed by atoms with Crippen molar-refractivity contribution < 1.29 is 19.0 Å². The first-order valence-electron chi connectivity index (χ1n) is 8.77. The van der Waals surface area contributed by atoms with Crippen LogP contribution in [0.25, 0.3) is 5.69 Å². The molecule has 0 atom stereocenters. The Morgan fingerprint density at radius 3 is 2.52 bits per heavy atom. The van der Waals surface area contributed by atoms with E-state index in [0.717, 1.165) is 5.69 Å². The number of ether oxygens (including phenoxy) is 3. The number of nitrogens with one attached hydrogen (secondary N) is 1. The summed E-state index contributed by atoms with van der Waals surface area (Å²) in [5.41, 5.74) is 1.36. The van der Waals surface area contributed by atoms with Gasteiger partial charge in [0.15, 0.2) is 5.16 Å². The molecule has 0 saturated carbocycles. The molecule has 29 heavy (non-hydrogen) atoms. The number of nitrogens with zero attached hydrogens (tertiary/aromatic N) is 3. The summed E-state index contributed by atoms with van der Waals surface area (Å²) >= 11 is 1.28. The van der Waals surface area contributed by atoms with Crippen LogP contribution in [-0.2, 0) is 4.79 Å². The molecule has 0 spiro atoms. The fourth-order valence-electron chi connectivity index (χ4n) is 2.76. The summed E-state index contributed by atoms with van der Waals surface area (Å²) < 4.78 is 17.8. The Morgan fingerprint density at radius 2 is 1.79 bits per heavy atom. The van der Waals surface area contributed by atoms with Crippen molar-refractivity contribution >= 4 is 23.4 Å². The van der Waals surface area contributed by atoms with Gasteiger partial charge in [0.25, 0.3) is 0 Å². The van der Waals surface area contributed by atoms with E-state index >= 15 is 0 Å². The molecule has 0 aliphatic rings. The summed E-state index contributed by atoms with van der Waals surface area (Å²) in [6, 6.07) is 12.8. The van der Waals surface area contributed by atoms with E-state index in [1.807, 2.05) is 35.8 Å². The Kier molecular flexibility index (Phi) is 6.61. The lowest BCUT2D eigenvalue weighted by Crippen LogP contribution is -2.15. The van der Waals surface area contributed by atoms with E-state index in [9.17, 15) is 4.79 Å². The van der Waals surface area contributed by atoms with Crippen LogP contribution in [-0.4, -0.2) is 47.8 Å². The van der Waals surface area contributed by atoms with Gasteiger partial charge in [-0.05, 0) is 31.2 Å². The zero-order valence-electron chi connectivity index (χ0n) is 16.6. The molecule has 152 valence electrons. The second-order valence-electron chi connectivity index (χ2n) is 5.94. The van der Waals surface area contributed by atoms with Gasteiger partial charge in [-0.3, -0.25) is 9.36 Å². The number of anilines is 1. The smallest absolute Gasteiger partial charge is 0.234 e. The highest BCUT2D eigenvalue weighted by atomic mass is 32.2. The highest BCUT2D eigenvalue weighted by Gasteiger charge is 2.17. The fraction of sp³-hybridized carbons (Fsp3) is 0.250. The van der Waals surface area contributed by atoms with Gasteiger partial charge in [-0.15, -0.1) is 10.2 Å². The highest BCUT2D eigenvalue weighted by Crippen LogP contribution is 2.30. The molecule has 1 N–H and O–H groups in total. The molecule has 0 aliphatic heterocycles. The summed E-state index contributed by atoms with van der Waals surface area (Å²) in [6.45, 7) is 1.85. The van der Waals surface area contributed by atoms with Crippen molar-refractivity contribution in [1.82, 2.24) is 14.8 Å². The van der Waals surface area contributed by atoms with Gasteiger partial charge in [0.1, 0.15) is 23.1 Å². The summed E-state index contributed by atoms with van der Waals surface area (Å²) in [6.07, 6.45) is 0. The number of carbonyl (C=O) groups excluding carboxylic acids is 1. The topological polar surface area (TPSA) is 87.5 Å². The van der Waals surface area contributed by atoms with Crippen LogP contribution in [0.4, 0.5) is 5.69 Å². The predicted molar refractivity (Wildman–Crippen MR) is 112 cm³/mol. The standard InChI is InChI=1S/C20H22N4O4S/c1-13-22-23-20(24(13)16-7-5-6-8-18(16)28-4)29-12-19(25)21-15-11-14(26-2)9-10-17(15)27-3/h5-11H,12H2,1-4H3,(H,21,25). The first kappa shape index (κ1) is 20.5. The van der Waals surface area contributed by atoms with Crippen LogP contribution in [0.5, 0.6) is 17.2 Å². The Morgan fingerprint density at radius 1 is 1.03 bits per heavy atom. The van der Waals surface area contributed by atoms with Crippen LogP contribution in [0.15, 0.2) is 47.6 Å². The van der Waals surface area contributed by atoms with Crippen LogP contribution in [0.1, 0.15) is 5.82 Å². The summed E-state index contributed by atoms with van der Waals surface area (Å²) in [5, 5.41) is 11.8. The monoisotopic (exact) mass is 414 g/mol. The lowest BCUT2D eigenvalue weighted by atomic mass is 10.2. The molecule has 0 bridgehead atoms. The van der Waals surface area contributed by atoms with Crippen molar-refractivity contribution in [3.05, 3.63) is 48.3 Å². The minimum atomic E-state index is -0.200. The molecule has 0 fully saturated rings. The van der Waals surface area contributed by atoms with Gasteiger partial charge < -0.3 is 19.5 Å². The van der Waals surface area contributed by atoms with Gasteiger partial charge >= 0.3 is 0 Å². The van der Waals surface area contributed by atoms with E-state index in [1.54, 1.807) is 39.5 Å². The number of amides is 1. The molecule has 0 radical (unpaired) electrons.